The third-order valence-electron chi connectivity index (χ3n) is 5.93. The highest BCUT2D eigenvalue weighted by Crippen LogP contribution is 2.26. The number of carbonyl (C=O) groups is 1. The van der Waals surface area contributed by atoms with Crippen LogP contribution in [0.2, 0.25) is 0 Å². The average molecular weight is 476 g/mol. The summed E-state index contributed by atoms with van der Waals surface area (Å²) in [5, 5.41) is 11.7. The topological polar surface area (TPSA) is 118 Å². The summed E-state index contributed by atoms with van der Waals surface area (Å²) < 4.78 is 38.6. The first-order chi connectivity index (χ1) is 15.5. The molecule has 0 saturated heterocycles. The fourth-order valence-electron chi connectivity index (χ4n) is 3.63. The molecule has 3 aromatic rings. The minimum absolute atomic E-state index is 0.0263. The van der Waals surface area contributed by atoms with Crippen molar-refractivity contribution < 1.29 is 22.7 Å². The van der Waals surface area contributed by atoms with Gasteiger partial charge >= 0.3 is 0 Å². The van der Waals surface area contributed by atoms with Crippen LogP contribution in [-0.2, 0) is 27.6 Å². The van der Waals surface area contributed by atoms with Crippen molar-refractivity contribution in [3.05, 3.63) is 64.5 Å². The Bertz CT molecular complexity index is 1370. The molecule has 33 heavy (non-hydrogen) atoms. The van der Waals surface area contributed by atoms with Gasteiger partial charge in [0.05, 0.1) is 17.2 Å². The number of aryl methyl sites for hydroxylation is 1. The molecule has 2 N–H and O–H groups in total. The molecule has 1 aromatic heterocycles. The fourth-order valence-corrected chi connectivity index (χ4v) is 4.53. The van der Waals surface area contributed by atoms with E-state index in [0.29, 0.717) is 34.0 Å². The second kappa shape index (κ2) is 9.40. The van der Waals surface area contributed by atoms with Gasteiger partial charge < -0.3 is 10.4 Å². The summed E-state index contributed by atoms with van der Waals surface area (Å²) in [6.45, 7) is 1.23. The standard InChI is InChI=1S/C23H26FN3O5S/c1-23(22(30)25-2,33(3,31)32)9-10-27-14-26-20-13-16(5-7-18(20)21(27)29)17-6-4-15(8-11-28)12-19(17)24/h4-7,12-14,28H,8-11H2,1-3H3,(H,25,30)/t23-/m1/s1. The van der Waals surface area contributed by atoms with Crippen LogP contribution in [0.3, 0.4) is 0 Å². The highest BCUT2D eigenvalue weighted by atomic mass is 32.2. The Morgan fingerprint density at radius 1 is 1.24 bits per heavy atom. The van der Waals surface area contributed by atoms with E-state index in [2.05, 4.69) is 10.3 Å². The van der Waals surface area contributed by atoms with Gasteiger partial charge in [0.2, 0.25) is 5.91 Å². The summed E-state index contributed by atoms with van der Waals surface area (Å²) in [5.74, 6) is -1.09. The first kappa shape index (κ1) is 24.5. The van der Waals surface area contributed by atoms with Gasteiger partial charge in [-0.1, -0.05) is 18.2 Å². The van der Waals surface area contributed by atoms with Gasteiger partial charge in [-0.3, -0.25) is 14.2 Å². The Kier molecular flexibility index (Phi) is 6.99. The monoisotopic (exact) mass is 475 g/mol. The number of halogens is 1. The number of aliphatic hydroxyl groups is 1. The van der Waals surface area contributed by atoms with Crippen LogP contribution in [0.5, 0.6) is 0 Å². The van der Waals surface area contributed by atoms with Gasteiger partial charge in [-0.05, 0) is 49.1 Å². The van der Waals surface area contributed by atoms with Crippen molar-refractivity contribution in [3.8, 4) is 11.1 Å². The zero-order valence-corrected chi connectivity index (χ0v) is 19.4. The summed E-state index contributed by atoms with van der Waals surface area (Å²) in [6, 6.07) is 9.49. The van der Waals surface area contributed by atoms with E-state index in [1.807, 2.05) is 0 Å². The summed E-state index contributed by atoms with van der Waals surface area (Å²) in [4.78, 5) is 29.5. The molecule has 1 amide bonds. The summed E-state index contributed by atoms with van der Waals surface area (Å²) >= 11 is 0. The molecule has 0 aliphatic carbocycles. The third kappa shape index (κ3) is 4.81. The van der Waals surface area contributed by atoms with E-state index in [4.69, 9.17) is 5.11 Å². The van der Waals surface area contributed by atoms with E-state index < -0.39 is 31.9 Å². The largest absolute Gasteiger partial charge is 0.396 e. The number of hydrogen-bond acceptors (Lipinski definition) is 6. The lowest BCUT2D eigenvalue weighted by Crippen LogP contribution is -2.49. The molecule has 0 aliphatic rings. The van der Waals surface area contributed by atoms with Crippen molar-refractivity contribution in [1.82, 2.24) is 14.9 Å². The van der Waals surface area contributed by atoms with E-state index in [0.717, 1.165) is 6.26 Å². The predicted molar refractivity (Wildman–Crippen MR) is 124 cm³/mol. The molecular formula is C23H26FN3O5S. The molecule has 0 spiro atoms. The normalized spacial score (nSPS) is 13.6. The molecule has 0 unspecified atom stereocenters. The van der Waals surface area contributed by atoms with E-state index in [1.54, 1.807) is 30.3 Å². The van der Waals surface area contributed by atoms with E-state index in [-0.39, 0.29) is 19.6 Å². The van der Waals surface area contributed by atoms with Crippen LogP contribution in [0.15, 0.2) is 47.5 Å². The maximum absolute atomic E-state index is 14.6. The van der Waals surface area contributed by atoms with Crippen LogP contribution < -0.4 is 10.9 Å². The molecule has 10 heteroatoms. The summed E-state index contributed by atoms with van der Waals surface area (Å²) in [7, 11) is -2.39. The molecule has 0 fully saturated rings. The third-order valence-corrected chi connectivity index (χ3v) is 7.95. The molecular weight excluding hydrogens is 449 g/mol. The number of sulfone groups is 1. The fraction of sp³-hybridized carbons (Fsp3) is 0.348. The second-order valence-corrected chi connectivity index (χ2v) is 10.5. The molecule has 3 rings (SSSR count). The molecule has 8 nitrogen and oxygen atoms in total. The minimum atomic E-state index is -3.75. The van der Waals surface area contributed by atoms with Crippen molar-refractivity contribution >= 4 is 26.6 Å². The number of nitrogens with zero attached hydrogens (tertiary/aromatic N) is 2. The van der Waals surface area contributed by atoms with E-state index in [1.165, 1.54) is 30.9 Å². The van der Waals surface area contributed by atoms with Crippen LogP contribution in [0.25, 0.3) is 22.0 Å². The van der Waals surface area contributed by atoms with Crippen molar-refractivity contribution in [3.63, 3.8) is 0 Å². The number of fused-ring (bicyclic) bond motifs is 1. The summed E-state index contributed by atoms with van der Waals surface area (Å²) in [5.41, 5.74) is 1.55. The van der Waals surface area contributed by atoms with E-state index >= 15 is 0 Å². The molecule has 176 valence electrons. The lowest BCUT2D eigenvalue weighted by atomic mass is 10.0. The van der Waals surface area contributed by atoms with Gasteiger partial charge in [0.15, 0.2) is 9.84 Å². The molecule has 0 aliphatic heterocycles. The Morgan fingerprint density at radius 2 is 1.97 bits per heavy atom. The van der Waals surface area contributed by atoms with Crippen LogP contribution in [0, 0.1) is 5.82 Å². The smallest absolute Gasteiger partial charge is 0.261 e. The SMILES string of the molecule is CNC(=O)[C@@](C)(CCn1cnc2cc(-c3ccc(CCO)cc3F)ccc2c1=O)S(C)(=O)=O. The van der Waals surface area contributed by atoms with Crippen molar-refractivity contribution in [2.45, 2.75) is 31.1 Å². The maximum atomic E-state index is 14.6. The predicted octanol–water partition coefficient (Wildman–Crippen LogP) is 1.68. The molecule has 1 atom stereocenters. The van der Waals surface area contributed by atoms with Crippen LogP contribution in [0.1, 0.15) is 18.9 Å². The Morgan fingerprint density at radius 3 is 2.58 bits per heavy atom. The van der Waals surface area contributed by atoms with Crippen molar-refractivity contribution in [1.29, 1.82) is 0 Å². The van der Waals surface area contributed by atoms with Crippen molar-refractivity contribution in [2.75, 3.05) is 19.9 Å². The number of aromatic nitrogens is 2. The van der Waals surface area contributed by atoms with Gasteiger partial charge in [-0.25, -0.2) is 17.8 Å². The molecule has 1 heterocycles. The zero-order chi connectivity index (χ0) is 24.4. The zero-order valence-electron chi connectivity index (χ0n) is 18.6. The first-order valence-corrected chi connectivity index (χ1v) is 12.2. The lowest BCUT2D eigenvalue weighted by Gasteiger charge is -2.25. The Balaban J connectivity index is 1.94. The van der Waals surface area contributed by atoms with Crippen LogP contribution in [0.4, 0.5) is 4.39 Å². The number of amides is 1. The molecule has 2 aromatic carbocycles. The number of benzene rings is 2. The van der Waals surface area contributed by atoms with Gasteiger partial charge in [-0.2, -0.15) is 0 Å². The first-order valence-electron chi connectivity index (χ1n) is 10.3. The number of rotatable bonds is 8. The maximum Gasteiger partial charge on any atom is 0.261 e. The quantitative estimate of drug-likeness (QED) is 0.512. The Labute approximate surface area is 191 Å². The van der Waals surface area contributed by atoms with Crippen molar-refractivity contribution in [2.24, 2.45) is 0 Å². The van der Waals surface area contributed by atoms with Gasteiger partial charge in [0.1, 0.15) is 10.6 Å². The summed E-state index contributed by atoms with van der Waals surface area (Å²) in [6.07, 6.45) is 2.53. The van der Waals surface area contributed by atoms with Gasteiger partial charge in [0, 0.05) is 32.0 Å². The highest BCUT2D eigenvalue weighted by molar-refractivity contribution is 7.92. The molecule has 0 bridgehead atoms. The average Bonchev–Trinajstić information content (AvgIpc) is 2.77. The number of hydrogen-bond donors (Lipinski definition) is 2. The highest BCUT2D eigenvalue weighted by Gasteiger charge is 2.42. The number of aliphatic hydroxyl groups excluding tert-OH is 1. The van der Waals surface area contributed by atoms with Gasteiger partial charge in [0.25, 0.3) is 5.56 Å². The molecule has 0 saturated carbocycles. The second-order valence-electron chi connectivity index (χ2n) is 8.09. The number of carbonyl (C=O) groups excluding carboxylic acids is 1. The minimum Gasteiger partial charge on any atom is -0.396 e. The van der Waals surface area contributed by atoms with Crippen LogP contribution in [-0.4, -0.2) is 53.6 Å². The van der Waals surface area contributed by atoms with Crippen LogP contribution >= 0.6 is 0 Å². The Hall–Kier alpha value is -3.11. The molecule has 0 radical (unpaired) electrons. The number of nitrogens with one attached hydrogen (secondary N) is 1. The lowest BCUT2D eigenvalue weighted by molar-refractivity contribution is -0.123. The van der Waals surface area contributed by atoms with E-state index in [9.17, 15) is 22.4 Å². The van der Waals surface area contributed by atoms with Gasteiger partial charge in [-0.15, -0.1) is 0 Å².